The molecule has 2 saturated heterocycles. The minimum Gasteiger partial charge on any atom is -0.496 e. The van der Waals surface area contributed by atoms with Gasteiger partial charge >= 0.3 is 0 Å². The topological polar surface area (TPSA) is 51.2 Å². The molecule has 2 heterocycles. The first-order valence-electron chi connectivity index (χ1n) is 11.2. The minimum atomic E-state index is -0.241. The Balaban J connectivity index is 1.56. The molecule has 0 N–H and O–H groups in total. The summed E-state index contributed by atoms with van der Waals surface area (Å²) in [5.74, 6) is 1.49. The second-order valence-corrected chi connectivity index (χ2v) is 9.77. The highest BCUT2D eigenvalue weighted by molar-refractivity contribution is 8.00. The zero-order chi connectivity index (χ0) is 23.4. The predicted molar refractivity (Wildman–Crippen MR) is 127 cm³/mol. The van der Waals surface area contributed by atoms with Crippen molar-refractivity contribution in [3.05, 3.63) is 53.3 Å². The van der Waals surface area contributed by atoms with E-state index in [0.717, 1.165) is 40.5 Å². The summed E-state index contributed by atoms with van der Waals surface area (Å²) in [6.45, 7) is 5.77. The molecule has 33 heavy (non-hydrogen) atoms. The Morgan fingerprint density at radius 2 is 1.85 bits per heavy atom. The van der Waals surface area contributed by atoms with E-state index in [1.165, 1.54) is 12.1 Å². The van der Waals surface area contributed by atoms with Crippen LogP contribution in [-0.4, -0.2) is 74.1 Å². The number of ether oxygens (including phenoxy) is 3. The second kappa shape index (κ2) is 10.8. The third-order valence-electron chi connectivity index (χ3n) is 6.32. The first-order valence-corrected chi connectivity index (χ1v) is 12.1. The highest BCUT2D eigenvalue weighted by atomic mass is 32.2. The maximum absolute atomic E-state index is 13.5. The molecule has 6 nitrogen and oxygen atoms in total. The van der Waals surface area contributed by atoms with Crippen LogP contribution in [0.15, 0.2) is 41.3 Å². The molecule has 0 aromatic heterocycles. The van der Waals surface area contributed by atoms with Gasteiger partial charge in [0, 0.05) is 47.5 Å². The molecule has 1 amide bonds. The van der Waals surface area contributed by atoms with Gasteiger partial charge in [0.2, 0.25) is 5.91 Å². The number of amides is 1. The number of likely N-dealkylation sites (tertiary alicyclic amines) is 1. The van der Waals surface area contributed by atoms with Crippen LogP contribution >= 0.6 is 11.8 Å². The minimum absolute atomic E-state index is 0.157. The van der Waals surface area contributed by atoms with E-state index in [-0.39, 0.29) is 23.0 Å². The van der Waals surface area contributed by atoms with Crippen molar-refractivity contribution < 1.29 is 23.4 Å². The van der Waals surface area contributed by atoms with Gasteiger partial charge in [-0.15, -0.1) is 11.8 Å². The van der Waals surface area contributed by atoms with Crippen molar-refractivity contribution in [1.82, 2.24) is 9.80 Å². The second-order valence-electron chi connectivity index (χ2n) is 8.40. The lowest BCUT2D eigenvalue weighted by molar-refractivity contribution is -0.140. The Bertz CT molecular complexity index is 966. The number of hydrogen-bond acceptors (Lipinski definition) is 6. The van der Waals surface area contributed by atoms with Crippen LogP contribution in [0.4, 0.5) is 4.39 Å². The molecule has 2 aliphatic heterocycles. The van der Waals surface area contributed by atoms with Gasteiger partial charge in [0.05, 0.1) is 33.5 Å². The van der Waals surface area contributed by atoms with Crippen LogP contribution < -0.4 is 9.47 Å². The number of methoxy groups -OCH3 is 2. The Kier molecular flexibility index (Phi) is 7.78. The number of rotatable bonds is 7. The summed E-state index contributed by atoms with van der Waals surface area (Å²) in [6, 6.07) is 10.3. The van der Waals surface area contributed by atoms with Crippen molar-refractivity contribution in [3.63, 3.8) is 0 Å². The normalized spacial score (nSPS) is 21.3. The summed E-state index contributed by atoms with van der Waals surface area (Å²) in [4.78, 5) is 18.7. The molecule has 2 aromatic rings. The molecule has 2 atom stereocenters. The zero-order valence-corrected chi connectivity index (χ0v) is 20.2. The molecular weight excluding hydrogens is 443 g/mol. The first-order chi connectivity index (χ1) is 16.0. The third kappa shape index (κ3) is 5.45. The van der Waals surface area contributed by atoms with Crippen LogP contribution in [0, 0.1) is 12.7 Å². The van der Waals surface area contributed by atoms with Gasteiger partial charge in [-0.2, -0.15) is 0 Å². The summed E-state index contributed by atoms with van der Waals surface area (Å²) < 4.78 is 29.9. The fourth-order valence-corrected chi connectivity index (χ4v) is 5.88. The molecule has 178 valence electrons. The molecule has 0 aliphatic carbocycles. The van der Waals surface area contributed by atoms with Gasteiger partial charge in [-0.25, -0.2) is 4.39 Å². The number of nitrogens with zero attached hydrogens (tertiary/aromatic N) is 2. The smallest absolute Gasteiger partial charge is 0.240 e. The highest BCUT2D eigenvalue weighted by Crippen LogP contribution is 2.37. The molecule has 0 bridgehead atoms. The van der Waals surface area contributed by atoms with E-state index in [0.29, 0.717) is 32.8 Å². The number of thioether (sulfide) groups is 1. The molecule has 2 aromatic carbocycles. The molecule has 8 heteroatoms. The van der Waals surface area contributed by atoms with Crippen LogP contribution in [0.1, 0.15) is 17.5 Å². The number of morpholine rings is 1. The lowest BCUT2D eigenvalue weighted by atomic mass is 10.1. The van der Waals surface area contributed by atoms with Gasteiger partial charge in [-0.1, -0.05) is 6.07 Å². The van der Waals surface area contributed by atoms with Gasteiger partial charge in [-0.3, -0.25) is 9.69 Å². The molecule has 4 rings (SSSR count). The maximum Gasteiger partial charge on any atom is 0.240 e. The average Bonchev–Trinajstić information content (AvgIpc) is 3.23. The van der Waals surface area contributed by atoms with E-state index in [1.54, 1.807) is 38.1 Å². The van der Waals surface area contributed by atoms with Crippen LogP contribution in [0.2, 0.25) is 0 Å². The van der Waals surface area contributed by atoms with Crippen LogP contribution in [0.25, 0.3) is 0 Å². The van der Waals surface area contributed by atoms with E-state index < -0.39 is 0 Å². The van der Waals surface area contributed by atoms with Gasteiger partial charge in [-0.05, 0) is 43.7 Å². The van der Waals surface area contributed by atoms with Gasteiger partial charge in [0.25, 0.3) is 0 Å². The van der Waals surface area contributed by atoms with Crippen molar-refractivity contribution in [2.45, 2.75) is 36.1 Å². The van der Waals surface area contributed by atoms with E-state index in [1.807, 2.05) is 24.0 Å². The fraction of sp³-hybridized carbons (Fsp3) is 0.480. The summed E-state index contributed by atoms with van der Waals surface area (Å²) >= 11 is 1.71. The molecule has 2 fully saturated rings. The van der Waals surface area contributed by atoms with Crippen molar-refractivity contribution in [3.8, 4) is 11.5 Å². The summed E-state index contributed by atoms with van der Waals surface area (Å²) in [5, 5.41) is 0.232. The standard InChI is InChI=1S/C25H31FN2O4S/c1-17-23(30-2)9-4-18(24(17)31-3)15-28-16-21(33-20-7-5-19(26)6-8-20)14-22(28)25(29)27-10-12-32-13-11-27/h4-9,21-22H,10-16H2,1-3H3/t21-,22-/m0/s1. The summed E-state index contributed by atoms with van der Waals surface area (Å²) in [5.41, 5.74) is 1.98. The molecule has 0 spiro atoms. The van der Waals surface area contributed by atoms with Gasteiger partial charge in [0.1, 0.15) is 17.3 Å². The number of halogens is 1. The average molecular weight is 475 g/mol. The van der Waals surface area contributed by atoms with Crippen molar-refractivity contribution in [1.29, 1.82) is 0 Å². The zero-order valence-electron chi connectivity index (χ0n) is 19.4. The Labute approximate surface area is 199 Å². The monoisotopic (exact) mass is 474 g/mol. The Hall–Kier alpha value is -2.29. The summed E-state index contributed by atoms with van der Waals surface area (Å²) in [7, 11) is 3.31. The van der Waals surface area contributed by atoms with Crippen molar-refractivity contribution in [2.24, 2.45) is 0 Å². The Morgan fingerprint density at radius 3 is 2.52 bits per heavy atom. The van der Waals surface area contributed by atoms with Crippen molar-refractivity contribution >= 4 is 17.7 Å². The number of benzene rings is 2. The van der Waals surface area contributed by atoms with Crippen LogP contribution in [0.3, 0.4) is 0 Å². The van der Waals surface area contributed by atoms with E-state index in [2.05, 4.69) is 4.90 Å². The lowest BCUT2D eigenvalue weighted by Crippen LogP contribution is -2.49. The molecule has 0 saturated carbocycles. The number of carbonyl (C=O) groups excluding carboxylic acids is 1. The largest absolute Gasteiger partial charge is 0.496 e. The number of hydrogen-bond donors (Lipinski definition) is 0. The van der Waals surface area contributed by atoms with E-state index in [9.17, 15) is 9.18 Å². The fourth-order valence-electron chi connectivity index (χ4n) is 4.66. The quantitative estimate of drug-likeness (QED) is 0.609. The van der Waals surface area contributed by atoms with Gasteiger partial charge < -0.3 is 19.1 Å². The van der Waals surface area contributed by atoms with Gasteiger partial charge in [0.15, 0.2) is 0 Å². The molecule has 2 aliphatic rings. The van der Waals surface area contributed by atoms with Crippen molar-refractivity contribution in [2.75, 3.05) is 47.1 Å². The molecular formula is C25H31FN2O4S. The van der Waals surface area contributed by atoms with Crippen LogP contribution in [0.5, 0.6) is 11.5 Å². The summed E-state index contributed by atoms with van der Waals surface area (Å²) in [6.07, 6.45) is 0.746. The maximum atomic E-state index is 13.5. The third-order valence-corrected chi connectivity index (χ3v) is 7.54. The van der Waals surface area contributed by atoms with E-state index >= 15 is 0 Å². The molecule has 0 unspecified atom stereocenters. The lowest BCUT2D eigenvalue weighted by Gasteiger charge is -2.32. The molecule has 0 radical (unpaired) electrons. The first kappa shape index (κ1) is 23.9. The van der Waals surface area contributed by atoms with E-state index in [4.69, 9.17) is 14.2 Å². The van der Waals surface area contributed by atoms with Crippen LogP contribution in [-0.2, 0) is 16.1 Å². The Morgan fingerprint density at radius 1 is 1.12 bits per heavy atom. The predicted octanol–water partition coefficient (Wildman–Crippen LogP) is 3.75. The number of carbonyl (C=O) groups is 1. The SMILES string of the molecule is COc1ccc(CN2C[C@@H](Sc3ccc(F)cc3)C[C@H]2C(=O)N2CCOCC2)c(OC)c1C. The highest BCUT2D eigenvalue weighted by Gasteiger charge is 2.40.